The second-order valence-electron chi connectivity index (χ2n) is 5.06. The van der Waals surface area contributed by atoms with Crippen molar-refractivity contribution in [2.45, 2.75) is 6.54 Å². The molecule has 0 amide bonds. The van der Waals surface area contributed by atoms with E-state index in [0.29, 0.717) is 12.4 Å². The maximum absolute atomic E-state index is 13.3. The normalized spacial score (nSPS) is 10.8. The summed E-state index contributed by atoms with van der Waals surface area (Å²) < 4.78 is 13.3. The van der Waals surface area contributed by atoms with Crippen molar-refractivity contribution in [3.63, 3.8) is 0 Å². The number of anilines is 2. The SMILES string of the molecule is CN(Cc1cc2ccccc2nc1N)c1cccc(F)c1. The molecule has 0 saturated heterocycles. The van der Waals surface area contributed by atoms with Gasteiger partial charge >= 0.3 is 0 Å². The van der Waals surface area contributed by atoms with Crippen LogP contribution in [-0.2, 0) is 6.54 Å². The lowest BCUT2D eigenvalue weighted by Gasteiger charge is -2.20. The molecular formula is C17H16FN3. The van der Waals surface area contributed by atoms with Gasteiger partial charge in [0.15, 0.2) is 0 Å². The van der Waals surface area contributed by atoms with Crippen molar-refractivity contribution in [1.29, 1.82) is 0 Å². The number of nitrogens with two attached hydrogens (primary N) is 1. The number of fused-ring (bicyclic) bond motifs is 1. The fraction of sp³-hybridized carbons (Fsp3) is 0.118. The predicted molar refractivity (Wildman–Crippen MR) is 84.7 cm³/mol. The van der Waals surface area contributed by atoms with E-state index in [0.717, 1.165) is 22.2 Å². The molecule has 0 fully saturated rings. The van der Waals surface area contributed by atoms with Crippen LogP contribution in [-0.4, -0.2) is 12.0 Å². The van der Waals surface area contributed by atoms with Gasteiger partial charge in [0.2, 0.25) is 0 Å². The molecule has 3 aromatic rings. The summed E-state index contributed by atoms with van der Waals surface area (Å²) in [6, 6.07) is 16.4. The van der Waals surface area contributed by atoms with Crippen LogP contribution in [0.25, 0.3) is 10.9 Å². The van der Waals surface area contributed by atoms with Gasteiger partial charge in [0.25, 0.3) is 0 Å². The van der Waals surface area contributed by atoms with Gasteiger partial charge in [-0.1, -0.05) is 24.3 Å². The van der Waals surface area contributed by atoms with E-state index in [1.807, 2.05) is 48.3 Å². The van der Waals surface area contributed by atoms with E-state index in [9.17, 15) is 4.39 Å². The zero-order valence-corrected chi connectivity index (χ0v) is 11.8. The highest BCUT2D eigenvalue weighted by Gasteiger charge is 2.08. The number of halogens is 1. The molecule has 106 valence electrons. The Morgan fingerprint density at radius 3 is 2.71 bits per heavy atom. The molecule has 21 heavy (non-hydrogen) atoms. The highest BCUT2D eigenvalue weighted by Crippen LogP contribution is 2.22. The molecule has 0 unspecified atom stereocenters. The number of rotatable bonds is 3. The number of pyridine rings is 1. The van der Waals surface area contributed by atoms with E-state index in [4.69, 9.17) is 5.73 Å². The molecular weight excluding hydrogens is 265 g/mol. The zero-order chi connectivity index (χ0) is 14.8. The molecule has 0 saturated carbocycles. The second-order valence-corrected chi connectivity index (χ2v) is 5.06. The minimum atomic E-state index is -0.246. The summed E-state index contributed by atoms with van der Waals surface area (Å²) in [6.45, 7) is 0.577. The van der Waals surface area contributed by atoms with Gasteiger partial charge in [-0.15, -0.1) is 0 Å². The topological polar surface area (TPSA) is 42.2 Å². The molecule has 0 atom stereocenters. The summed E-state index contributed by atoms with van der Waals surface area (Å²) in [5.74, 6) is 0.265. The van der Waals surface area contributed by atoms with E-state index in [2.05, 4.69) is 4.98 Å². The summed E-state index contributed by atoms with van der Waals surface area (Å²) in [7, 11) is 1.91. The quantitative estimate of drug-likeness (QED) is 0.797. The van der Waals surface area contributed by atoms with Crippen LogP contribution in [0.4, 0.5) is 15.9 Å². The fourth-order valence-electron chi connectivity index (χ4n) is 2.36. The number of nitrogen functional groups attached to an aromatic ring is 1. The summed E-state index contributed by atoms with van der Waals surface area (Å²) in [5.41, 5.74) is 8.65. The highest BCUT2D eigenvalue weighted by atomic mass is 19.1. The Morgan fingerprint density at radius 2 is 1.90 bits per heavy atom. The Balaban J connectivity index is 1.92. The number of aromatic nitrogens is 1. The smallest absolute Gasteiger partial charge is 0.129 e. The van der Waals surface area contributed by atoms with Crippen LogP contribution in [0, 0.1) is 5.82 Å². The van der Waals surface area contributed by atoms with Gasteiger partial charge in [-0.25, -0.2) is 9.37 Å². The monoisotopic (exact) mass is 281 g/mol. The first-order chi connectivity index (χ1) is 10.1. The van der Waals surface area contributed by atoms with Crippen LogP contribution in [0.2, 0.25) is 0 Å². The standard InChI is InChI=1S/C17H16FN3/c1-21(15-7-4-6-14(18)10-15)11-13-9-12-5-2-3-8-16(12)20-17(13)19/h2-10H,11H2,1H3,(H2,19,20). The molecule has 1 heterocycles. The molecule has 0 spiro atoms. The minimum Gasteiger partial charge on any atom is -0.383 e. The number of hydrogen-bond acceptors (Lipinski definition) is 3. The van der Waals surface area contributed by atoms with E-state index >= 15 is 0 Å². The number of nitrogens with zero attached hydrogens (tertiary/aromatic N) is 2. The number of hydrogen-bond donors (Lipinski definition) is 1. The van der Waals surface area contributed by atoms with Crippen LogP contribution in [0.3, 0.4) is 0 Å². The van der Waals surface area contributed by atoms with Crippen molar-refractivity contribution >= 4 is 22.4 Å². The predicted octanol–water partition coefficient (Wildman–Crippen LogP) is 3.59. The van der Waals surface area contributed by atoms with Crippen molar-refractivity contribution in [2.24, 2.45) is 0 Å². The average Bonchev–Trinajstić information content (AvgIpc) is 2.48. The van der Waals surface area contributed by atoms with E-state index in [1.165, 1.54) is 12.1 Å². The minimum absolute atomic E-state index is 0.246. The van der Waals surface area contributed by atoms with Gasteiger partial charge in [-0.05, 0) is 30.3 Å². The summed E-state index contributed by atoms with van der Waals surface area (Å²) in [6.07, 6.45) is 0. The lowest BCUT2D eigenvalue weighted by atomic mass is 10.1. The molecule has 1 aromatic heterocycles. The largest absolute Gasteiger partial charge is 0.383 e. The fourth-order valence-corrected chi connectivity index (χ4v) is 2.36. The van der Waals surface area contributed by atoms with Crippen LogP contribution in [0.5, 0.6) is 0 Å². The number of para-hydroxylation sites is 1. The molecule has 2 N–H and O–H groups in total. The summed E-state index contributed by atoms with van der Waals surface area (Å²) in [4.78, 5) is 6.37. The van der Waals surface area contributed by atoms with Gasteiger partial charge in [-0.3, -0.25) is 0 Å². The first-order valence-electron chi connectivity index (χ1n) is 6.74. The molecule has 0 aliphatic carbocycles. The van der Waals surface area contributed by atoms with Crippen LogP contribution in [0.15, 0.2) is 54.6 Å². The molecule has 0 aliphatic heterocycles. The number of benzene rings is 2. The maximum Gasteiger partial charge on any atom is 0.129 e. The Morgan fingerprint density at radius 1 is 1.10 bits per heavy atom. The van der Waals surface area contributed by atoms with E-state index in [1.54, 1.807) is 6.07 Å². The molecule has 2 aromatic carbocycles. The lowest BCUT2D eigenvalue weighted by Crippen LogP contribution is -2.17. The molecule has 0 aliphatic rings. The van der Waals surface area contributed by atoms with Crippen LogP contribution >= 0.6 is 0 Å². The van der Waals surface area contributed by atoms with Gasteiger partial charge < -0.3 is 10.6 Å². The second kappa shape index (κ2) is 5.40. The van der Waals surface area contributed by atoms with Crippen molar-refractivity contribution in [3.05, 3.63) is 66.0 Å². The third kappa shape index (κ3) is 2.79. The van der Waals surface area contributed by atoms with Gasteiger partial charge in [0, 0.05) is 30.2 Å². The first kappa shape index (κ1) is 13.4. The highest BCUT2D eigenvalue weighted by molar-refractivity contribution is 5.81. The average molecular weight is 281 g/mol. The first-order valence-corrected chi connectivity index (χ1v) is 6.74. The van der Waals surface area contributed by atoms with E-state index in [-0.39, 0.29) is 5.82 Å². The third-order valence-electron chi connectivity index (χ3n) is 3.49. The van der Waals surface area contributed by atoms with Crippen molar-refractivity contribution in [3.8, 4) is 0 Å². The lowest BCUT2D eigenvalue weighted by molar-refractivity contribution is 0.627. The van der Waals surface area contributed by atoms with Crippen LogP contribution in [0.1, 0.15) is 5.56 Å². The molecule has 3 nitrogen and oxygen atoms in total. The molecule has 3 rings (SSSR count). The molecule has 4 heteroatoms. The van der Waals surface area contributed by atoms with E-state index < -0.39 is 0 Å². The van der Waals surface area contributed by atoms with Crippen LogP contribution < -0.4 is 10.6 Å². The Kier molecular flexibility index (Phi) is 3.44. The van der Waals surface area contributed by atoms with Gasteiger partial charge in [0.1, 0.15) is 11.6 Å². The van der Waals surface area contributed by atoms with Gasteiger partial charge in [0.05, 0.1) is 5.52 Å². The molecule has 0 bridgehead atoms. The summed E-state index contributed by atoms with van der Waals surface area (Å²) >= 11 is 0. The Bertz CT molecular complexity index is 786. The summed E-state index contributed by atoms with van der Waals surface area (Å²) in [5, 5.41) is 1.05. The Hall–Kier alpha value is -2.62. The van der Waals surface area contributed by atoms with Crippen molar-refractivity contribution in [2.75, 3.05) is 17.7 Å². The van der Waals surface area contributed by atoms with Crippen molar-refractivity contribution < 1.29 is 4.39 Å². The van der Waals surface area contributed by atoms with Crippen molar-refractivity contribution in [1.82, 2.24) is 4.98 Å². The zero-order valence-electron chi connectivity index (χ0n) is 11.8. The Labute approximate surface area is 122 Å². The molecule has 0 radical (unpaired) electrons. The maximum atomic E-state index is 13.3. The third-order valence-corrected chi connectivity index (χ3v) is 3.49. The van der Waals surface area contributed by atoms with Gasteiger partial charge in [-0.2, -0.15) is 0 Å².